The summed E-state index contributed by atoms with van der Waals surface area (Å²) in [6.45, 7) is 6.52. The molecule has 0 aliphatic heterocycles. The second-order valence-corrected chi connectivity index (χ2v) is 23.8. The predicted molar refractivity (Wildman–Crippen MR) is 362 cm³/mol. The third-order valence-electron chi connectivity index (χ3n) is 15.5. The van der Waals surface area contributed by atoms with Gasteiger partial charge in [0.15, 0.2) is 6.10 Å². The second-order valence-electron chi connectivity index (χ2n) is 23.8. The lowest BCUT2D eigenvalue weighted by atomic mass is 10.0. The highest BCUT2D eigenvalue weighted by molar-refractivity contribution is 5.71. The highest BCUT2D eigenvalue weighted by Gasteiger charge is 2.19. The summed E-state index contributed by atoms with van der Waals surface area (Å²) in [7, 11) is 0. The highest BCUT2D eigenvalue weighted by Crippen LogP contribution is 2.17. The molecule has 0 radical (unpaired) electrons. The van der Waals surface area contributed by atoms with Crippen LogP contribution in [0.15, 0.2) is 97.2 Å². The van der Waals surface area contributed by atoms with Crippen LogP contribution in [-0.4, -0.2) is 37.2 Å². The second kappa shape index (κ2) is 70.8. The third-order valence-corrected chi connectivity index (χ3v) is 15.5. The number of hydrogen-bond acceptors (Lipinski definition) is 6. The van der Waals surface area contributed by atoms with Gasteiger partial charge in [0.1, 0.15) is 13.2 Å². The molecule has 0 aliphatic rings. The van der Waals surface area contributed by atoms with E-state index in [1.807, 2.05) is 0 Å². The van der Waals surface area contributed by atoms with Crippen molar-refractivity contribution < 1.29 is 28.6 Å². The normalized spacial score (nSPS) is 12.7. The van der Waals surface area contributed by atoms with Gasteiger partial charge in [0.2, 0.25) is 0 Å². The van der Waals surface area contributed by atoms with Crippen LogP contribution in [0.2, 0.25) is 0 Å². The summed E-state index contributed by atoms with van der Waals surface area (Å²) in [6, 6.07) is 0. The first kappa shape index (κ1) is 79.3. The number of unbranched alkanes of at least 4 members (excludes halogenated alkanes) is 38. The number of carbonyl (C=O) groups is 3. The van der Waals surface area contributed by atoms with Crippen LogP contribution in [0, 0.1) is 0 Å². The number of allylic oxidation sites excluding steroid dienone is 16. The minimum Gasteiger partial charge on any atom is -0.462 e. The summed E-state index contributed by atoms with van der Waals surface area (Å²) in [4.78, 5) is 38.5. The van der Waals surface area contributed by atoms with Gasteiger partial charge < -0.3 is 14.2 Å². The number of hydrogen-bond donors (Lipinski definition) is 0. The van der Waals surface area contributed by atoms with E-state index in [-0.39, 0.29) is 31.1 Å². The van der Waals surface area contributed by atoms with Gasteiger partial charge >= 0.3 is 17.9 Å². The van der Waals surface area contributed by atoms with Gasteiger partial charge in [-0.05, 0) is 122 Å². The van der Waals surface area contributed by atoms with Crippen molar-refractivity contribution in [2.75, 3.05) is 13.2 Å². The minimum absolute atomic E-state index is 0.0905. The zero-order chi connectivity index (χ0) is 59.9. The smallest absolute Gasteiger partial charge is 0.306 e. The van der Waals surface area contributed by atoms with Crippen LogP contribution in [0.3, 0.4) is 0 Å². The fraction of sp³-hybridized carbons (Fsp3) is 0.753. The molecule has 0 saturated carbocycles. The molecule has 0 aromatic heterocycles. The molecule has 0 fully saturated rings. The summed E-state index contributed by atoms with van der Waals surface area (Å²) in [5.41, 5.74) is 0. The molecule has 0 saturated heterocycles. The van der Waals surface area contributed by atoms with Crippen LogP contribution in [0.5, 0.6) is 0 Å². The van der Waals surface area contributed by atoms with Gasteiger partial charge in [0.25, 0.3) is 0 Å². The number of carbonyl (C=O) groups excluding carboxylic acids is 3. The molecule has 0 heterocycles. The third kappa shape index (κ3) is 69.0. The van der Waals surface area contributed by atoms with Crippen LogP contribution >= 0.6 is 0 Å². The van der Waals surface area contributed by atoms with E-state index in [1.165, 1.54) is 218 Å². The van der Waals surface area contributed by atoms with Crippen molar-refractivity contribution in [3.05, 3.63) is 97.2 Å². The molecule has 478 valence electrons. The Balaban J connectivity index is 4.33. The zero-order valence-corrected chi connectivity index (χ0v) is 54.9. The van der Waals surface area contributed by atoms with Gasteiger partial charge in [-0.1, -0.05) is 311 Å². The van der Waals surface area contributed by atoms with Gasteiger partial charge in [-0.15, -0.1) is 0 Å². The Kier molecular flexibility index (Phi) is 67.7. The first-order chi connectivity index (χ1) is 41.0. The van der Waals surface area contributed by atoms with Crippen molar-refractivity contribution in [3.8, 4) is 0 Å². The maximum absolute atomic E-state index is 13.0. The largest absolute Gasteiger partial charge is 0.462 e. The molecule has 0 amide bonds. The van der Waals surface area contributed by atoms with E-state index < -0.39 is 6.10 Å². The Morgan fingerprint density at radius 1 is 0.253 bits per heavy atom. The molecule has 0 aromatic rings. The van der Waals surface area contributed by atoms with Crippen LogP contribution in [0.1, 0.15) is 355 Å². The van der Waals surface area contributed by atoms with Gasteiger partial charge in [-0.3, -0.25) is 14.4 Å². The number of esters is 3. The fourth-order valence-corrected chi connectivity index (χ4v) is 10.2. The van der Waals surface area contributed by atoms with Crippen LogP contribution < -0.4 is 0 Å². The Morgan fingerprint density at radius 2 is 0.470 bits per heavy atom. The topological polar surface area (TPSA) is 78.9 Å². The Labute approximate surface area is 515 Å². The summed E-state index contributed by atoms with van der Waals surface area (Å²) < 4.78 is 17.0. The summed E-state index contributed by atoms with van der Waals surface area (Å²) in [6.07, 6.45) is 95.8. The van der Waals surface area contributed by atoms with Crippen LogP contribution in [0.25, 0.3) is 0 Å². The van der Waals surface area contributed by atoms with Gasteiger partial charge in [0.05, 0.1) is 0 Å². The zero-order valence-electron chi connectivity index (χ0n) is 54.9. The van der Waals surface area contributed by atoms with E-state index in [0.29, 0.717) is 19.3 Å². The lowest BCUT2D eigenvalue weighted by Gasteiger charge is -2.18. The van der Waals surface area contributed by atoms with E-state index in [4.69, 9.17) is 14.2 Å². The molecule has 1 atom stereocenters. The van der Waals surface area contributed by atoms with Crippen molar-refractivity contribution in [2.45, 2.75) is 361 Å². The van der Waals surface area contributed by atoms with Gasteiger partial charge in [-0.2, -0.15) is 0 Å². The molecule has 0 aliphatic carbocycles. The number of ether oxygens (including phenoxy) is 3. The van der Waals surface area contributed by atoms with E-state index in [9.17, 15) is 14.4 Å². The van der Waals surface area contributed by atoms with E-state index in [0.717, 1.165) is 96.3 Å². The van der Waals surface area contributed by atoms with Crippen molar-refractivity contribution in [1.29, 1.82) is 0 Å². The quantitative estimate of drug-likeness (QED) is 0.0261. The maximum Gasteiger partial charge on any atom is 0.306 e. The average molecular weight is 1160 g/mol. The predicted octanol–water partition coefficient (Wildman–Crippen LogP) is 24.8. The maximum atomic E-state index is 13.0. The molecule has 6 nitrogen and oxygen atoms in total. The first-order valence-corrected chi connectivity index (χ1v) is 35.7. The number of rotatable bonds is 65. The minimum atomic E-state index is -0.798. The summed E-state index contributed by atoms with van der Waals surface area (Å²) in [5, 5.41) is 0. The Hall–Kier alpha value is -3.67. The Bertz CT molecular complexity index is 1610. The molecule has 0 rings (SSSR count). The van der Waals surface area contributed by atoms with E-state index in [1.54, 1.807) is 0 Å². The first-order valence-electron chi connectivity index (χ1n) is 35.7. The van der Waals surface area contributed by atoms with Gasteiger partial charge in [-0.25, -0.2) is 0 Å². The molecular formula is C77H134O6. The highest BCUT2D eigenvalue weighted by atomic mass is 16.6. The fourth-order valence-electron chi connectivity index (χ4n) is 10.2. The standard InChI is InChI=1S/C77H134O6/c1-4-7-10-13-16-19-22-25-28-30-32-34-36-37-38-39-41-42-44-46-49-52-55-58-61-64-67-70-76(79)82-73-74(72-81-75(78)69-66-63-60-57-54-51-48-27-24-21-18-15-12-9-6-3)83-77(80)71-68-65-62-59-56-53-50-47-45-43-40-35-33-31-29-26-23-20-17-14-11-8-5-2/h9,12,18,21-22,25,27,30-33,36-37,48,54,57,74H,4-8,10-11,13-17,19-20,23-24,26,28-29,34-35,38-47,49-53,55-56,58-73H2,1-3H3/b12-9-,21-18-,25-22-,32-30-,33-31-,37-36-,48-27-,57-54-. The average Bonchev–Trinajstić information content (AvgIpc) is 3.49. The van der Waals surface area contributed by atoms with Crippen molar-refractivity contribution >= 4 is 17.9 Å². The molecular weight excluding hydrogens is 1020 g/mol. The molecule has 0 bridgehead atoms. The molecule has 6 heteroatoms. The molecule has 0 spiro atoms. The van der Waals surface area contributed by atoms with E-state index >= 15 is 0 Å². The SMILES string of the molecule is CC/C=C\C/C=C\C/C=C\C/C=C\CCCCC(=O)OCC(COC(=O)CCCCCCCCCCCCCC/C=C\C/C=C\C/C=C\CCCCCCC)OC(=O)CCCCCCCCCCCCC/C=C\CCCCCCCCCC. The van der Waals surface area contributed by atoms with Crippen LogP contribution in [-0.2, 0) is 28.6 Å². The summed E-state index contributed by atoms with van der Waals surface area (Å²) >= 11 is 0. The molecule has 1 unspecified atom stereocenters. The summed E-state index contributed by atoms with van der Waals surface area (Å²) in [5.74, 6) is -0.921. The van der Waals surface area contributed by atoms with Crippen molar-refractivity contribution in [3.63, 3.8) is 0 Å². The van der Waals surface area contributed by atoms with Gasteiger partial charge in [0, 0.05) is 19.3 Å². The van der Waals surface area contributed by atoms with E-state index in [2.05, 4.69) is 118 Å². The van der Waals surface area contributed by atoms with Crippen molar-refractivity contribution in [2.24, 2.45) is 0 Å². The Morgan fingerprint density at radius 3 is 0.771 bits per heavy atom. The lowest BCUT2D eigenvalue weighted by molar-refractivity contribution is -0.167. The lowest BCUT2D eigenvalue weighted by Crippen LogP contribution is -2.30. The monoisotopic (exact) mass is 1160 g/mol. The molecule has 83 heavy (non-hydrogen) atoms. The van der Waals surface area contributed by atoms with Crippen LogP contribution in [0.4, 0.5) is 0 Å². The molecule has 0 N–H and O–H groups in total. The van der Waals surface area contributed by atoms with Crippen molar-refractivity contribution in [1.82, 2.24) is 0 Å². The molecule has 0 aromatic carbocycles.